The van der Waals surface area contributed by atoms with Gasteiger partial charge in [-0.25, -0.2) is 15.0 Å². The molecule has 0 aliphatic heterocycles. The van der Waals surface area contributed by atoms with E-state index in [2.05, 4.69) is 103 Å². The molecule has 0 amide bonds. The highest BCUT2D eigenvalue weighted by atomic mass is 16.3. The lowest BCUT2D eigenvalue weighted by Crippen LogP contribution is -2.14. The van der Waals surface area contributed by atoms with Crippen molar-refractivity contribution >= 4 is 43.7 Å². The lowest BCUT2D eigenvalue weighted by molar-refractivity contribution is 0.661. The first-order chi connectivity index (χ1) is 26.0. The van der Waals surface area contributed by atoms with Gasteiger partial charge in [-0.15, -0.1) is 0 Å². The summed E-state index contributed by atoms with van der Waals surface area (Å²) in [4.78, 5) is 15.0. The summed E-state index contributed by atoms with van der Waals surface area (Å²) in [5.74, 6) is 1.87. The summed E-state index contributed by atoms with van der Waals surface area (Å²) in [5, 5.41) is 4.54. The molecule has 0 saturated heterocycles. The first kappa shape index (κ1) is 29.8. The number of rotatable bonds is 4. The quantitative estimate of drug-likeness (QED) is 0.186. The molecule has 0 atom stereocenters. The van der Waals surface area contributed by atoms with Crippen LogP contribution in [0.3, 0.4) is 0 Å². The summed E-state index contributed by atoms with van der Waals surface area (Å²) < 4.78 is 9.06. The van der Waals surface area contributed by atoms with Gasteiger partial charge in [0.2, 0.25) is 0 Å². The van der Waals surface area contributed by atoms with Gasteiger partial charge in [-0.1, -0.05) is 135 Å². The Morgan fingerprint density at radius 3 is 1.91 bits per heavy atom. The highest BCUT2D eigenvalue weighted by Crippen LogP contribution is 2.53. The Balaban J connectivity index is 1.12. The molecule has 0 N–H and O–H groups in total. The second-order valence-electron chi connectivity index (χ2n) is 14.4. The van der Waals surface area contributed by atoms with E-state index in [1.54, 1.807) is 0 Å². The van der Waals surface area contributed by atoms with E-state index in [0.29, 0.717) is 17.5 Å². The second kappa shape index (κ2) is 11.1. The molecule has 250 valence electrons. The summed E-state index contributed by atoms with van der Waals surface area (Å²) >= 11 is 0. The molecule has 53 heavy (non-hydrogen) atoms. The van der Waals surface area contributed by atoms with Crippen molar-refractivity contribution in [1.82, 2.24) is 19.5 Å². The van der Waals surface area contributed by atoms with Gasteiger partial charge in [0, 0.05) is 55.4 Å². The molecule has 0 saturated carbocycles. The van der Waals surface area contributed by atoms with Crippen molar-refractivity contribution in [1.29, 1.82) is 0 Å². The molecule has 0 radical (unpaired) electrons. The Bertz CT molecular complexity index is 3020. The summed E-state index contributed by atoms with van der Waals surface area (Å²) in [6.45, 7) is 4.68. The number of para-hydroxylation sites is 1. The summed E-state index contributed by atoms with van der Waals surface area (Å²) in [5.41, 5.74) is 13.1. The third-order valence-corrected chi connectivity index (χ3v) is 11.1. The van der Waals surface area contributed by atoms with Crippen molar-refractivity contribution in [2.75, 3.05) is 0 Å². The van der Waals surface area contributed by atoms with Crippen molar-refractivity contribution in [3.05, 3.63) is 169 Å². The molecule has 0 unspecified atom stereocenters. The maximum absolute atomic E-state index is 6.67. The second-order valence-corrected chi connectivity index (χ2v) is 14.4. The number of hydrogen-bond acceptors (Lipinski definition) is 4. The Labute approximate surface area is 305 Å². The molecule has 0 fully saturated rings. The zero-order chi connectivity index (χ0) is 35.3. The molecule has 10 aromatic rings. The van der Waals surface area contributed by atoms with Gasteiger partial charge in [-0.3, -0.25) is 0 Å². The molecule has 1 aliphatic carbocycles. The first-order valence-corrected chi connectivity index (χ1v) is 18.0. The average molecular weight is 681 g/mol. The fourth-order valence-corrected chi connectivity index (χ4v) is 8.60. The van der Waals surface area contributed by atoms with Gasteiger partial charge >= 0.3 is 0 Å². The van der Waals surface area contributed by atoms with Gasteiger partial charge in [-0.05, 0) is 52.6 Å². The van der Waals surface area contributed by atoms with Gasteiger partial charge in [0.05, 0.1) is 11.0 Å². The minimum atomic E-state index is -0.0730. The van der Waals surface area contributed by atoms with Crippen molar-refractivity contribution in [2.45, 2.75) is 19.3 Å². The van der Waals surface area contributed by atoms with Crippen LogP contribution in [0.5, 0.6) is 0 Å². The van der Waals surface area contributed by atoms with E-state index in [9.17, 15) is 0 Å². The van der Waals surface area contributed by atoms with Crippen LogP contribution in [0.4, 0.5) is 0 Å². The van der Waals surface area contributed by atoms with Crippen LogP contribution in [-0.2, 0) is 5.41 Å². The van der Waals surface area contributed by atoms with E-state index < -0.39 is 0 Å². The number of nitrogens with zero attached hydrogens (tertiary/aromatic N) is 4. The van der Waals surface area contributed by atoms with Gasteiger partial charge in [-0.2, -0.15) is 0 Å². The maximum atomic E-state index is 6.67. The van der Waals surface area contributed by atoms with Crippen LogP contribution in [0, 0.1) is 0 Å². The predicted molar refractivity (Wildman–Crippen MR) is 215 cm³/mol. The predicted octanol–water partition coefficient (Wildman–Crippen LogP) is 12.2. The molecular formula is C48H32N4O. The van der Waals surface area contributed by atoms with Crippen LogP contribution in [0.25, 0.3) is 94.7 Å². The normalized spacial score (nSPS) is 13.2. The summed E-state index contributed by atoms with van der Waals surface area (Å²) in [6.07, 6.45) is 0. The third-order valence-electron chi connectivity index (χ3n) is 11.1. The van der Waals surface area contributed by atoms with Crippen molar-refractivity contribution in [3.63, 3.8) is 0 Å². The number of fused-ring (bicyclic) bond motifs is 10. The van der Waals surface area contributed by atoms with Crippen LogP contribution in [-0.4, -0.2) is 19.5 Å². The number of aromatic nitrogens is 4. The molecule has 5 heteroatoms. The monoisotopic (exact) mass is 680 g/mol. The highest BCUT2D eigenvalue weighted by Gasteiger charge is 2.37. The maximum Gasteiger partial charge on any atom is 0.164 e. The lowest BCUT2D eigenvalue weighted by Gasteiger charge is -2.21. The van der Waals surface area contributed by atoms with Gasteiger partial charge in [0.25, 0.3) is 0 Å². The SMILES string of the molecule is CC1(C)c2ccccc2-c2c1ccc1c2c2ccccc2n1-c1ccc2c(c1)oc1cccc(-c3nc(-c4ccccc4)nc(-c4ccccc4)n3)c12. The molecule has 0 spiro atoms. The minimum absolute atomic E-state index is 0.0730. The summed E-state index contributed by atoms with van der Waals surface area (Å²) in [6, 6.07) is 55.1. The Morgan fingerprint density at radius 2 is 1.13 bits per heavy atom. The molecular weight excluding hydrogens is 649 g/mol. The van der Waals surface area contributed by atoms with E-state index in [1.807, 2.05) is 72.8 Å². The Kier molecular flexibility index (Phi) is 6.23. The zero-order valence-electron chi connectivity index (χ0n) is 29.2. The standard InChI is InChI=1S/C48H32N4O/c1-48(2)36-21-11-9-18-32(36)43-37(48)26-27-39-44(43)33-19-10-12-22-38(33)52(39)31-24-25-34-41(28-31)53-40-23-13-20-35(42(34)40)47-50-45(29-14-5-3-6-15-29)49-46(51-47)30-16-7-4-8-17-30/h3-28H,1-2H3. The van der Waals surface area contributed by atoms with Gasteiger partial charge < -0.3 is 8.98 Å². The Morgan fingerprint density at radius 1 is 0.472 bits per heavy atom. The highest BCUT2D eigenvalue weighted by molar-refractivity contribution is 6.18. The van der Waals surface area contributed by atoms with E-state index in [1.165, 1.54) is 44.1 Å². The molecule has 7 aromatic carbocycles. The largest absolute Gasteiger partial charge is 0.456 e. The summed E-state index contributed by atoms with van der Waals surface area (Å²) in [7, 11) is 0. The van der Waals surface area contributed by atoms with Crippen LogP contribution in [0.1, 0.15) is 25.0 Å². The number of benzene rings is 7. The topological polar surface area (TPSA) is 56.7 Å². The van der Waals surface area contributed by atoms with Crippen molar-refractivity contribution < 1.29 is 4.42 Å². The first-order valence-electron chi connectivity index (χ1n) is 18.0. The molecule has 5 nitrogen and oxygen atoms in total. The smallest absolute Gasteiger partial charge is 0.164 e. The molecule has 0 bridgehead atoms. The number of furan rings is 1. The third kappa shape index (κ3) is 4.34. The van der Waals surface area contributed by atoms with Crippen molar-refractivity contribution in [2.24, 2.45) is 0 Å². The Hall–Kier alpha value is -6.85. The van der Waals surface area contributed by atoms with Crippen molar-refractivity contribution in [3.8, 4) is 51.0 Å². The van der Waals surface area contributed by atoms with Crippen LogP contribution in [0.15, 0.2) is 162 Å². The van der Waals surface area contributed by atoms with Gasteiger partial charge in [0.15, 0.2) is 17.5 Å². The van der Waals surface area contributed by atoms with Crippen LogP contribution in [0.2, 0.25) is 0 Å². The minimum Gasteiger partial charge on any atom is -0.456 e. The zero-order valence-corrected chi connectivity index (χ0v) is 29.2. The fraction of sp³-hybridized carbons (Fsp3) is 0.0625. The molecule has 3 aromatic heterocycles. The average Bonchev–Trinajstić information content (AvgIpc) is 3.83. The van der Waals surface area contributed by atoms with Crippen LogP contribution < -0.4 is 0 Å². The lowest BCUT2D eigenvalue weighted by atomic mass is 9.82. The van der Waals surface area contributed by atoms with E-state index in [4.69, 9.17) is 19.4 Å². The molecule has 3 heterocycles. The van der Waals surface area contributed by atoms with Gasteiger partial charge in [0.1, 0.15) is 11.2 Å². The van der Waals surface area contributed by atoms with E-state index >= 15 is 0 Å². The number of hydrogen-bond donors (Lipinski definition) is 0. The molecule has 11 rings (SSSR count). The molecule has 1 aliphatic rings. The fourth-order valence-electron chi connectivity index (χ4n) is 8.60. The van der Waals surface area contributed by atoms with Crippen LogP contribution >= 0.6 is 0 Å². The van der Waals surface area contributed by atoms with E-state index in [0.717, 1.165) is 44.3 Å². The van der Waals surface area contributed by atoms with E-state index in [-0.39, 0.29) is 5.41 Å².